The van der Waals surface area contributed by atoms with Crippen LogP contribution in [0.4, 0.5) is 0 Å². The van der Waals surface area contributed by atoms with E-state index in [4.69, 9.17) is 0 Å². The molecule has 0 amide bonds. The van der Waals surface area contributed by atoms with Crippen molar-refractivity contribution in [1.82, 2.24) is 0 Å². The highest BCUT2D eigenvalue weighted by Crippen LogP contribution is 2.61. The van der Waals surface area contributed by atoms with Crippen LogP contribution in [0.1, 0.15) is 124 Å². The topological polar surface area (TPSA) is 0 Å². The Kier molecular flexibility index (Phi) is 20.1. The van der Waals surface area contributed by atoms with Crippen molar-refractivity contribution in [3.05, 3.63) is 0 Å². The van der Waals surface area contributed by atoms with E-state index in [1.165, 1.54) is 102 Å². The third-order valence-corrected chi connectivity index (χ3v) is 13.4. The van der Waals surface area contributed by atoms with E-state index in [0.717, 1.165) is 0 Å². The minimum absolute atomic E-state index is 0.522. The molecule has 0 spiro atoms. The largest absolute Gasteiger partial charge is 0.0652 e. The molecule has 0 saturated heterocycles. The molecular formula is C27H60P2+2. The van der Waals surface area contributed by atoms with Crippen molar-refractivity contribution >= 4 is 14.5 Å². The van der Waals surface area contributed by atoms with Gasteiger partial charge in [-0.25, -0.2) is 0 Å². The van der Waals surface area contributed by atoms with Crippen LogP contribution in [0, 0.1) is 0 Å². The van der Waals surface area contributed by atoms with Crippen molar-refractivity contribution in [2.75, 3.05) is 50.8 Å². The van der Waals surface area contributed by atoms with Crippen molar-refractivity contribution in [2.45, 2.75) is 124 Å². The van der Waals surface area contributed by atoms with E-state index in [0.29, 0.717) is 0 Å². The maximum Gasteiger partial charge on any atom is 0.0594 e. The van der Waals surface area contributed by atoms with Gasteiger partial charge in [-0.05, 0) is 44.9 Å². The zero-order valence-corrected chi connectivity index (χ0v) is 23.5. The summed E-state index contributed by atoms with van der Waals surface area (Å²) in [6, 6.07) is 0. The Morgan fingerprint density at radius 3 is 0.931 bits per heavy atom. The molecule has 0 bridgehead atoms. The number of rotatable bonds is 22. The number of hydrogen-bond donors (Lipinski definition) is 0. The van der Waals surface area contributed by atoms with Crippen molar-refractivity contribution in [3.8, 4) is 0 Å². The Balaban J connectivity index is 3.87. The molecule has 0 N–H and O–H groups in total. The summed E-state index contributed by atoms with van der Waals surface area (Å²) in [5, 5.41) is 0. The van der Waals surface area contributed by atoms with Gasteiger partial charge in [0.05, 0.1) is 30.8 Å². The fourth-order valence-corrected chi connectivity index (χ4v) is 11.0. The smallest absolute Gasteiger partial charge is 0.0594 e. The molecular weight excluding hydrogens is 386 g/mol. The lowest BCUT2D eigenvalue weighted by molar-refractivity contribution is 0.563. The molecule has 0 aromatic heterocycles. The standard InChI is InChI=1S/C27H60P2/c1-7-10-24-29(25-11-8-2,26-12-9-3)27-22-20-18-16-14-13-15-17-19-21-23-28(4,5)6/h7-27H2,1-6H3/q+2. The monoisotopic (exact) mass is 446 g/mol. The van der Waals surface area contributed by atoms with E-state index in [9.17, 15) is 0 Å². The molecule has 0 aromatic rings. The molecule has 2 heteroatoms. The molecule has 0 saturated carbocycles. The Bertz CT molecular complexity index is 310. The first-order chi connectivity index (χ1) is 13.9. The number of hydrogen-bond acceptors (Lipinski definition) is 0. The Hall–Kier alpha value is 0.860. The predicted molar refractivity (Wildman–Crippen MR) is 147 cm³/mol. The van der Waals surface area contributed by atoms with Crippen LogP contribution >= 0.6 is 14.5 Å². The minimum atomic E-state index is -0.633. The molecule has 0 aliphatic heterocycles. The molecule has 0 atom stereocenters. The lowest BCUT2D eigenvalue weighted by Crippen LogP contribution is -2.13. The predicted octanol–water partition coefficient (Wildman–Crippen LogP) is 10.2. The third kappa shape index (κ3) is 19.3. The summed E-state index contributed by atoms with van der Waals surface area (Å²) in [6.45, 7) is 14.6. The normalized spacial score (nSPS) is 12.6. The molecule has 0 unspecified atom stereocenters. The van der Waals surface area contributed by atoms with Crippen LogP contribution in [-0.4, -0.2) is 50.8 Å². The van der Waals surface area contributed by atoms with Crippen molar-refractivity contribution < 1.29 is 0 Å². The maximum absolute atomic E-state index is 2.48. The zero-order chi connectivity index (χ0) is 21.8. The van der Waals surface area contributed by atoms with Gasteiger partial charge in [-0.3, -0.25) is 0 Å². The van der Waals surface area contributed by atoms with Gasteiger partial charge in [0, 0.05) is 34.5 Å². The lowest BCUT2D eigenvalue weighted by atomic mass is 10.1. The average Bonchev–Trinajstić information content (AvgIpc) is 2.68. The van der Waals surface area contributed by atoms with Gasteiger partial charge in [0.25, 0.3) is 0 Å². The van der Waals surface area contributed by atoms with Crippen LogP contribution in [0.2, 0.25) is 0 Å². The Labute approximate surface area is 188 Å². The highest BCUT2D eigenvalue weighted by molar-refractivity contribution is 7.75. The van der Waals surface area contributed by atoms with E-state index in [2.05, 4.69) is 40.8 Å². The van der Waals surface area contributed by atoms with E-state index >= 15 is 0 Å². The van der Waals surface area contributed by atoms with Crippen LogP contribution in [0.3, 0.4) is 0 Å². The van der Waals surface area contributed by atoms with E-state index in [-0.39, 0.29) is 0 Å². The molecule has 0 aliphatic carbocycles. The summed E-state index contributed by atoms with van der Waals surface area (Å²) < 4.78 is 0. The second-order valence-electron chi connectivity index (χ2n) is 10.8. The van der Waals surface area contributed by atoms with Gasteiger partial charge >= 0.3 is 0 Å². The summed E-state index contributed by atoms with van der Waals surface area (Å²) in [7, 11) is -1.16. The summed E-state index contributed by atoms with van der Waals surface area (Å²) in [6.07, 6.45) is 31.7. The first-order valence-electron chi connectivity index (χ1n) is 13.5. The van der Waals surface area contributed by atoms with Gasteiger partial charge in [-0.15, -0.1) is 0 Å². The summed E-state index contributed by atoms with van der Waals surface area (Å²) >= 11 is 0. The SMILES string of the molecule is CCCC[P+](CCCC)(CCCC)CCCCCCCCCCCC[P+](C)(C)C. The molecule has 29 heavy (non-hydrogen) atoms. The van der Waals surface area contributed by atoms with Crippen LogP contribution in [0.25, 0.3) is 0 Å². The van der Waals surface area contributed by atoms with Gasteiger partial charge in [-0.2, -0.15) is 0 Å². The second-order valence-corrected chi connectivity index (χ2v) is 20.3. The third-order valence-electron chi connectivity index (χ3n) is 6.67. The highest BCUT2D eigenvalue weighted by Gasteiger charge is 2.34. The molecule has 0 heterocycles. The highest BCUT2D eigenvalue weighted by atomic mass is 31.2. The van der Waals surface area contributed by atoms with Gasteiger partial charge in [0.1, 0.15) is 0 Å². The van der Waals surface area contributed by atoms with E-state index in [1.54, 1.807) is 31.1 Å². The summed E-state index contributed by atoms with van der Waals surface area (Å²) in [5.74, 6) is 0. The molecule has 0 fully saturated rings. The molecule has 0 nitrogen and oxygen atoms in total. The van der Waals surface area contributed by atoms with E-state index < -0.39 is 14.5 Å². The molecule has 0 rings (SSSR count). The van der Waals surface area contributed by atoms with Crippen LogP contribution in [-0.2, 0) is 0 Å². The number of unbranched alkanes of at least 4 members (excludes halogenated alkanes) is 12. The molecule has 176 valence electrons. The van der Waals surface area contributed by atoms with Gasteiger partial charge in [0.15, 0.2) is 0 Å². The first-order valence-corrected chi connectivity index (χ1v) is 19.4. The maximum atomic E-state index is 2.48. The van der Waals surface area contributed by atoms with Gasteiger partial charge in [-0.1, -0.05) is 78.6 Å². The molecule has 0 aromatic carbocycles. The Morgan fingerprint density at radius 2 is 0.621 bits per heavy atom. The molecule has 0 radical (unpaired) electrons. The summed E-state index contributed by atoms with van der Waals surface area (Å²) in [5.41, 5.74) is 0. The van der Waals surface area contributed by atoms with Gasteiger partial charge < -0.3 is 0 Å². The fraction of sp³-hybridized carbons (Fsp3) is 1.00. The second kappa shape index (κ2) is 19.5. The van der Waals surface area contributed by atoms with Crippen LogP contribution in [0.15, 0.2) is 0 Å². The van der Waals surface area contributed by atoms with Crippen molar-refractivity contribution in [3.63, 3.8) is 0 Å². The van der Waals surface area contributed by atoms with Gasteiger partial charge in [0.2, 0.25) is 0 Å². The van der Waals surface area contributed by atoms with E-state index in [1.807, 2.05) is 0 Å². The summed E-state index contributed by atoms with van der Waals surface area (Å²) in [4.78, 5) is 0. The van der Waals surface area contributed by atoms with Crippen LogP contribution in [0.5, 0.6) is 0 Å². The average molecular weight is 447 g/mol. The van der Waals surface area contributed by atoms with Crippen molar-refractivity contribution in [2.24, 2.45) is 0 Å². The lowest BCUT2D eigenvalue weighted by Gasteiger charge is -2.28. The zero-order valence-electron chi connectivity index (χ0n) is 21.7. The van der Waals surface area contributed by atoms with Crippen molar-refractivity contribution in [1.29, 1.82) is 0 Å². The first kappa shape index (κ1) is 29.9. The quantitative estimate of drug-likeness (QED) is 0.115. The minimum Gasteiger partial charge on any atom is -0.0652 e. The Morgan fingerprint density at radius 1 is 0.345 bits per heavy atom. The van der Waals surface area contributed by atoms with Crippen LogP contribution < -0.4 is 0 Å². The fourth-order valence-electron chi connectivity index (χ4n) is 4.60. The molecule has 0 aliphatic rings.